The first kappa shape index (κ1) is 19.8. The van der Waals surface area contributed by atoms with Gasteiger partial charge in [0, 0.05) is 6.54 Å². The second-order valence-electron chi connectivity index (χ2n) is 4.86. The maximum absolute atomic E-state index is 5.44. The summed E-state index contributed by atoms with van der Waals surface area (Å²) >= 11 is 0. The third-order valence-corrected chi connectivity index (χ3v) is 2.55. The highest BCUT2D eigenvalue weighted by molar-refractivity contribution is 4.45. The van der Waals surface area contributed by atoms with Gasteiger partial charge in [-0.15, -0.1) is 0 Å². The van der Waals surface area contributed by atoms with E-state index < -0.39 is 0 Å². The van der Waals surface area contributed by atoms with Crippen LogP contribution in [0.5, 0.6) is 0 Å². The van der Waals surface area contributed by atoms with Crippen LogP contribution in [-0.4, -0.2) is 65.4 Å². The molecule has 0 aliphatic rings. The number of nitrogens with one attached hydrogen (secondary N) is 1. The molecule has 0 aliphatic heterocycles. The molecule has 5 nitrogen and oxygen atoms in total. The average molecular weight is 291 g/mol. The summed E-state index contributed by atoms with van der Waals surface area (Å²) < 4.78 is 21.6. The zero-order chi connectivity index (χ0) is 14.9. The topological polar surface area (TPSA) is 49.0 Å². The van der Waals surface area contributed by atoms with Crippen LogP contribution in [0.3, 0.4) is 0 Å². The Hall–Kier alpha value is -0.200. The van der Waals surface area contributed by atoms with Crippen LogP contribution < -0.4 is 5.32 Å². The predicted molar refractivity (Wildman–Crippen MR) is 81.3 cm³/mol. The smallest absolute Gasteiger partial charge is 0.0703 e. The Bertz CT molecular complexity index is 179. The maximum Gasteiger partial charge on any atom is 0.0703 e. The van der Waals surface area contributed by atoms with Crippen molar-refractivity contribution in [1.82, 2.24) is 5.32 Å². The highest BCUT2D eigenvalue weighted by atomic mass is 16.6. The zero-order valence-electron chi connectivity index (χ0n) is 13.5. The first-order valence-electron chi connectivity index (χ1n) is 7.83. The summed E-state index contributed by atoms with van der Waals surface area (Å²) in [4.78, 5) is 0. The minimum atomic E-state index is 0.267. The van der Waals surface area contributed by atoms with Gasteiger partial charge >= 0.3 is 0 Å². The van der Waals surface area contributed by atoms with Gasteiger partial charge in [-0.2, -0.15) is 0 Å². The molecule has 0 aromatic carbocycles. The van der Waals surface area contributed by atoms with E-state index in [2.05, 4.69) is 12.2 Å². The molecule has 0 saturated carbocycles. The molecule has 122 valence electrons. The minimum Gasteiger partial charge on any atom is -0.378 e. The first-order valence-corrected chi connectivity index (χ1v) is 7.83. The summed E-state index contributed by atoms with van der Waals surface area (Å²) in [6.45, 7) is 12.7. The summed E-state index contributed by atoms with van der Waals surface area (Å²) in [5.41, 5.74) is 0. The monoisotopic (exact) mass is 291 g/mol. The van der Waals surface area contributed by atoms with Gasteiger partial charge < -0.3 is 24.3 Å². The van der Waals surface area contributed by atoms with Gasteiger partial charge in [-0.3, -0.25) is 0 Å². The molecule has 0 spiro atoms. The Balaban J connectivity index is 2.92. The van der Waals surface area contributed by atoms with Gasteiger partial charge in [-0.1, -0.05) is 13.3 Å². The Morgan fingerprint density at radius 1 is 0.750 bits per heavy atom. The van der Waals surface area contributed by atoms with Crippen LogP contribution >= 0.6 is 0 Å². The standard InChI is InChI=1S/C15H33NO4/c1-4-5-6-16-7-8-17-9-10-18-11-12-19-13-14-20-15(2)3/h15-16H,4-14H2,1-3H3. The summed E-state index contributed by atoms with van der Waals surface area (Å²) in [7, 11) is 0. The SMILES string of the molecule is CCCCNCCOCCOCCOCCOC(C)C. The van der Waals surface area contributed by atoms with E-state index in [1.807, 2.05) is 13.8 Å². The van der Waals surface area contributed by atoms with Crippen molar-refractivity contribution in [2.24, 2.45) is 0 Å². The van der Waals surface area contributed by atoms with Crippen molar-refractivity contribution in [2.45, 2.75) is 39.7 Å². The number of hydrogen-bond donors (Lipinski definition) is 1. The number of ether oxygens (including phenoxy) is 4. The van der Waals surface area contributed by atoms with Crippen molar-refractivity contribution in [3.63, 3.8) is 0 Å². The lowest BCUT2D eigenvalue weighted by Gasteiger charge is -2.09. The van der Waals surface area contributed by atoms with Crippen LogP contribution in [0.2, 0.25) is 0 Å². The van der Waals surface area contributed by atoms with Crippen LogP contribution in [0.15, 0.2) is 0 Å². The van der Waals surface area contributed by atoms with Crippen LogP contribution in [0.1, 0.15) is 33.6 Å². The quantitative estimate of drug-likeness (QED) is 0.440. The van der Waals surface area contributed by atoms with E-state index >= 15 is 0 Å². The van der Waals surface area contributed by atoms with E-state index in [-0.39, 0.29) is 6.10 Å². The van der Waals surface area contributed by atoms with E-state index in [1.54, 1.807) is 0 Å². The van der Waals surface area contributed by atoms with Crippen molar-refractivity contribution in [3.8, 4) is 0 Å². The molecule has 0 heterocycles. The van der Waals surface area contributed by atoms with Gasteiger partial charge in [-0.25, -0.2) is 0 Å². The van der Waals surface area contributed by atoms with E-state index in [0.29, 0.717) is 39.6 Å². The Morgan fingerprint density at radius 2 is 1.30 bits per heavy atom. The fourth-order valence-electron chi connectivity index (χ4n) is 1.46. The van der Waals surface area contributed by atoms with E-state index in [1.165, 1.54) is 12.8 Å². The van der Waals surface area contributed by atoms with Crippen molar-refractivity contribution in [1.29, 1.82) is 0 Å². The largest absolute Gasteiger partial charge is 0.378 e. The molecule has 0 bridgehead atoms. The second kappa shape index (κ2) is 16.9. The number of hydrogen-bond acceptors (Lipinski definition) is 5. The molecule has 0 aliphatic carbocycles. The molecule has 0 rings (SSSR count). The Morgan fingerprint density at radius 3 is 1.85 bits per heavy atom. The van der Waals surface area contributed by atoms with Crippen LogP contribution in [0, 0.1) is 0 Å². The van der Waals surface area contributed by atoms with Crippen molar-refractivity contribution >= 4 is 0 Å². The van der Waals surface area contributed by atoms with E-state index in [0.717, 1.165) is 19.7 Å². The van der Waals surface area contributed by atoms with Crippen molar-refractivity contribution in [2.75, 3.05) is 59.3 Å². The molecule has 0 unspecified atom stereocenters. The third-order valence-electron chi connectivity index (χ3n) is 2.55. The van der Waals surface area contributed by atoms with Gasteiger partial charge in [0.25, 0.3) is 0 Å². The molecule has 1 N–H and O–H groups in total. The van der Waals surface area contributed by atoms with Gasteiger partial charge in [0.15, 0.2) is 0 Å². The minimum absolute atomic E-state index is 0.267. The maximum atomic E-state index is 5.44. The fourth-order valence-corrected chi connectivity index (χ4v) is 1.46. The summed E-state index contributed by atoms with van der Waals surface area (Å²) in [5.74, 6) is 0. The lowest BCUT2D eigenvalue weighted by atomic mass is 10.3. The number of rotatable bonds is 16. The van der Waals surface area contributed by atoms with E-state index in [9.17, 15) is 0 Å². The van der Waals surface area contributed by atoms with Crippen LogP contribution in [0.4, 0.5) is 0 Å². The van der Waals surface area contributed by atoms with Gasteiger partial charge in [0.1, 0.15) is 0 Å². The summed E-state index contributed by atoms with van der Waals surface area (Å²) in [5, 5.41) is 3.33. The highest BCUT2D eigenvalue weighted by Gasteiger charge is 1.94. The highest BCUT2D eigenvalue weighted by Crippen LogP contribution is 1.87. The second-order valence-corrected chi connectivity index (χ2v) is 4.86. The molecule has 0 aromatic heterocycles. The lowest BCUT2D eigenvalue weighted by molar-refractivity contribution is -0.0114. The van der Waals surface area contributed by atoms with Crippen molar-refractivity contribution in [3.05, 3.63) is 0 Å². The molecule has 0 amide bonds. The molecule has 0 saturated heterocycles. The molecule has 0 radical (unpaired) electrons. The van der Waals surface area contributed by atoms with Gasteiger partial charge in [0.2, 0.25) is 0 Å². The lowest BCUT2D eigenvalue weighted by Crippen LogP contribution is -2.21. The number of unbranched alkanes of at least 4 members (excludes halogenated alkanes) is 1. The molecule has 5 heteroatoms. The Labute approximate surface area is 124 Å². The average Bonchev–Trinajstić information content (AvgIpc) is 2.43. The molecule has 0 atom stereocenters. The van der Waals surface area contributed by atoms with Crippen molar-refractivity contribution < 1.29 is 18.9 Å². The van der Waals surface area contributed by atoms with Gasteiger partial charge in [-0.05, 0) is 26.8 Å². The molecule has 0 fully saturated rings. The normalized spacial score (nSPS) is 11.4. The molecular weight excluding hydrogens is 258 g/mol. The van der Waals surface area contributed by atoms with Crippen LogP contribution in [-0.2, 0) is 18.9 Å². The first-order chi connectivity index (χ1) is 9.77. The molecular formula is C15H33NO4. The zero-order valence-corrected chi connectivity index (χ0v) is 13.5. The summed E-state index contributed by atoms with van der Waals surface area (Å²) in [6.07, 6.45) is 2.72. The molecule has 0 aromatic rings. The van der Waals surface area contributed by atoms with E-state index in [4.69, 9.17) is 18.9 Å². The Kier molecular flexibility index (Phi) is 16.7. The molecule has 20 heavy (non-hydrogen) atoms. The predicted octanol–water partition coefficient (Wildman–Crippen LogP) is 1.85. The summed E-state index contributed by atoms with van der Waals surface area (Å²) in [6, 6.07) is 0. The third kappa shape index (κ3) is 17.8. The van der Waals surface area contributed by atoms with Crippen LogP contribution in [0.25, 0.3) is 0 Å². The fraction of sp³-hybridized carbons (Fsp3) is 1.00. The van der Waals surface area contributed by atoms with Gasteiger partial charge in [0.05, 0.1) is 52.4 Å².